The third-order valence-electron chi connectivity index (χ3n) is 3.47. The third kappa shape index (κ3) is 3.46. The number of rotatable bonds is 5. The summed E-state index contributed by atoms with van der Waals surface area (Å²) in [6.45, 7) is 4.42. The standard InChI is InChI=1S/C12H23NO3/c1-3-13(9-12(2,16)11(14)15)10-7-5-4-6-8-10/h10,16H,3-9H2,1-2H3,(H,14,15). The van der Waals surface area contributed by atoms with Gasteiger partial charge in [0.05, 0.1) is 0 Å². The van der Waals surface area contributed by atoms with Gasteiger partial charge in [-0.15, -0.1) is 0 Å². The summed E-state index contributed by atoms with van der Waals surface area (Å²) in [5, 5.41) is 18.7. The zero-order valence-electron chi connectivity index (χ0n) is 10.3. The van der Waals surface area contributed by atoms with Crippen LogP contribution in [0.15, 0.2) is 0 Å². The molecule has 0 aliphatic heterocycles. The molecule has 0 spiro atoms. The zero-order valence-corrected chi connectivity index (χ0v) is 10.3. The average Bonchev–Trinajstić information content (AvgIpc) is 2.27. The van der Waals surface area contributed by atoms with Crippen molar-refractivity contribution in [1.29, 1.82) is 0 Å². The molecule has 0 radical (unpaired) electrons. The number of nitrogens with zero attached hydrogens (tertiary/aromatic N) is 1. The Hall–Kier alpha value is -0.610. The lowest BCUT2D eigenvalue weighted by Gasteiger charge is -2.36. The van der Waals surface area contributed by atoms with Gasteiger partial charge in [-0.25, -0.2) is 4.79 Å². The Balaban J connectivity index is 2.56. The number of aliphatic hydroxyl groups is 1. The van der Waals surface area contributed by atoms with Crippen LogP contribution < -0.4 is 0 Å². The van der Waals surface area contributed by atoms with Gasteiger partial charge in [0.15, 0.2) is 5.60 Å². The van der Waals surface area contributed by atoms with E-state index >= 15 is 0 Å². The number of carboxylic acids is 1. The van der Waals surface area contributed by atoms with E-state index in [0.29, 0.717) is 6.04 Å². The fourth-order valence-corrected chi connectivity index (χ4v) is 2.41. The summed E-state index contributed by atoms with van der Waals surface area (Å²) < 4.78 is 0. The second-order valence-corrected chi connectivity index (χ2v) is 4.93. The SMILES string of the molecule is CCN(CC(C)(O)C(=O)O)C1CCCCC1. The first-order valence-corrected chi connectivity index (χ1v) is 6.17. The molecule has 0 heterocycles. The Kier molecular flexibility index (Phi) is 4.74. The second kappa shape index (κ2) is 5.64. The monoisotopic (exact) mass is 229 g/mol. The minimum atomic E-state index is -1.63. The second-order valence-electron chi connectivity index (χ2n) is 4.93. The van der Waals surface area contributed by atoms with E-state index in [1.165, 1.54) is 26.2 Å². The number of hydrogen-bond donors (Lipinski definition) is 2. The molecule has 2 N–H and O–H groups in total. The van der Waals surface area contributed by atoms with Crippen molar-refractivity contribution in [2.24, 2.45) is 0 Å². The van der Waals surface area contributed by atoms with Crippen LogP contribution in [0, 0.1) is 0 Å². The first-order chi connectivity index (χ1) is 7.47. The normalized spacial score (nSPS) is 22.0. The molecule has 4 nitrogen and oxygen atoms in total. The van der Waals surface area contributed by atoms with Gasteiger partial charge in [0.2, 0.25) is 0 Å². The van der Waals surface area contributed by atoms with Crippen LogP contribution in [0.25, 0.3) is 0 Å². The highest BCUT2D eigenvalue weighted by atomic mass is 16.4. The molecule has 0 aromatic heterocycles. The molecule has 1 saturated carbocycles. The summed E-state index contributed by atoms with van der Waals surface area (Å²) in [5.74, 6) is -1.14. The van der Waals surface area contributed by atoms with Crippen LogP contribution in [0.1, 0.15) is 46.0 Å². The van der Waals surface area contributed by atoms with Gasteiger partial charge < -0.3 is 10.2 Å². The van der Waals surface area contributed by atoms with E-state index in [0.717, 1.165) is 19.4 Å². The van der Waals surface area contributed by atoms with Gasteiger partial charge in [-0.1, -0.05) is 26.2 Å². The van der Waals surface area contributed by atoms with Crippen molar-refractivity contribution in [3.63, 3.8) is 0 Å². The number of likely N-dealkylation sites (N-methyl/N-ethyl adjacent to an activating group) is 1. The predicted octanol–water partition coefficient (Wildman–Crippen LogP) is 1.48. The molecule has 0 bridgehead atoms. The molecule has 1 fully saturated rings. The first kappa shape index (κ1) is 13.5. The molecular formula is C12H23NO3. The maximum absolute atomic E-state index is 10.9. The highest BCUT2D eigenvalue weighted by molar-refractivity contribution is 5.76. The van der Waals surface area contributed by atoms with Crippen molar-refractivity contribution < 1.29 is 15.0 Å². The molecule has 0 aromatic rings. The number of carbonyl (C=O) groups is 1. The summed E-state index contributed by atoms with van der Waals surface area (Å²) >= 11 is 0. The lowest BCUT2D eigenvalue weighted by molar-refractivity contribution is -0.159. The molecule has 0 aromatic carbocycles. The lowest BCUT2D eigenvalue weighted by Crippen LogP contribution is -2.50. The van der Waals surface area contributed by atoms with E-state index in [1.54, 1.807) is 0 Å². The molecule has 1 rings (SSSR count). The number of carboxylic acid groups (broad SMARTS) is 1. The lowest BCUT2D eigenvalue weighted by atomic mass is 9.93. The Morgan fingerprint density at radius 3 is 2.38 bits per heavy atom. The van der Waals surface area contributed by atoms with Crippen molar-refractivity contribution >= 4 is 5.97 Å². The van der Waals surface area contributed by atoms with Gasteiger partial charge in [-0.05, 0) is 26.3 Å². The Bertz CT molecular complexity index is 234. The van der Waals surface area contributed by atoms with E-state index in [1.807, 2.05) is 6.92 Å². The van der Waals surface area contributed by atoms with Gasteiger partial charge in [0.1, 0.15) is 0 Å². The Morgan fingerprint density at radius 2 is 1.94 bits per heavy atom. The van der Waals surface area contributed by atoms with Crippen molar-refractivity contribution in [3.8, 4) is 0 Å². The molecule has 4 heteroatoms. The quantitative estimate of drug-likeness (QED) is 0.749. The molecule has 94 valence electrons. The van der Waals surface area contributed by atoms with Crippen LogP contribution in [0.5, 0.6) is 0 Å². The summed E-state index contributed by atoms with van der Waals surface area (Å²) in [6.07, 6.45) is 5.98. The minimum Gasteiger partial charge on any atom is -0.479 e. The highest BCUT2D eigenvalue weighted by Crippen LogP contribution is 2.23. The van der Waals surface area contributed by atoms with Gasteiger partial charge in [0.25, 0.3) is 0 Å². The van der Waals surface area contributed by atoms with Crippen molar-refractivity contribution in [2.75, 3.05) is 13.1 Å². The molecular weight excluding hydrogens is 206 g/mol. The minimum absolute atomic E-state index is 0.226. The molecule has 16 heavy (non-hydrogen) atoms. The topological polar surface area (TPSA) is 60.8 Å². The maximum atomic E-state index is 10.9. The van der Waals surface area contributed by atoms with E-state index in [4.69, 9.17) is 5.11 Å². The zero-order chi connectivity index (χ0) is 12.2. The first-order valence-electron chi connectivity index (χ1n) is 6.17. The molecule has 1 unspecified atom stereocenters. The van der Waals surface area contributed by atoms with Crippen LogP contribution in [-0.2, 0) is 4.79 Å². The van der Waals surface area contributed by atoms with Crippen LogP contribution in [0.4, 0.5) is 0 Å². The predicted molar refractivity (Wildman–Crippen MR) is 62.4 cm³/mol. The van der Waals surface area contributed by atoms with Crippen LogP contribution in [0.2, 0.25) is 0 Å². The van der Waals surface area contributed by atoms with E-state index in [9.17, 15) is 9.90 Å². The van der Waals surface area contributed by atoms with Crippen molar-refractivity contribution in [2.45, 2.75) is 57.6 Å². The van der Waals surface area contributed by atoms with Gasteiger partial charge in [-0.3, -0.25) is 4.90 Å². The van der Waals surface area contributed by atoms with Gasteiger partial charge in [-0.2, -0.15) is 0 Å². The molecule has 0 saturated heterocycles. The molecule has 0 amide bonds. The van der Waals surface area contributed by atoms with E-state index in [-0.39, 0.29) is 6.54 Å². The smallest absolute Gasteiger partial charge is 0.336 e. The highest BCUT2D eigenvalue weighted by Gasteiger charge is 2.34. The molecule has 1 aliphatic rings. The van der Waals surface area contributed by atoms with E-state index in [2.05, 4.69) is 4.90 Å². The summed E-state index contributed by atoms with van der Waals surface area (Å²) in [7, 11) is 0. The summed E-state index contributed by atoms with van der Waals surface area (Å²) in [5.41, 5.74) is -1.63. The van der Waals surface area contributed by atoms with Gasteiger partial charge in [0, 0.05) is 12.6 Å². The number of hydrogen-bond acceptors (Lipinski definition) is 3. The third-order valence-corrected chi connectivity index (χ3v) is 3.47. The Labute approximate surface area is 97.3 Å². The van der Waals surface area contributed by atoms with Crippen LogP contribution in [0.3, 0.4) is 0 Å². The van der Waals surface area contributed by atoms with Crippen molar-refractivity contribution in [3.05, 3.63) is 0 Å². The summed E-state index contributed by atoms with van der Waals surface area (Å²) in [4.78, 5) is 13.0. The molecule has 1 aliphatic carbocycles. The van der Waals surface area contributed by atoms with Crippen LogP contribution in [-0.4, -0.2) is 45.8 Å². The van der Waals surface area contributed by atoms with Crippen LogP contribution >= 0.6 is 0 Å². The Morgan fingerprint density at radius 1 is 1.38 bits per heavy atom. The largest absolute Gasteiger partial charge is 0.479 e. The fraction of sp³-hybridized carbons (Fsp3) is 0.917. The maximum Gasteiger partial charge on any atom is 0.336 e. The molecule has 1 atom stereocenters. The van der Waals surface area contributed by atoms with Crippen molar-refractivity contribution in [1.82, 2.24) is 4.90 Å². The average molecular weight is 229 g/mol. The van der Waals surface area contributed by atoms with Gasteiger partial charge >= 0.3 is 5.97 Å². The van der Waals surface area contributed by atoms with E-state index < -0.39 is 11.6 Å². The summed E-state index contributed by atoms with van der Waals surface area (Å²) in [6, 6.07) is 0.449. The fourth-order valence-electron chi connectivity index (χ4n) is 2.41. The number of aliphatic carboxylic acids is 1.